The van der Waals surface area contributed by atoms with Gasteiger partial charge in [-0.2, -0.15) is 0 Å². The third kappa shape index (κ3) is 2.88. The van der Waals surface area contributed by atoms with Crippen LogP contribution in [0.3, 0.4) is 0 Å². The third-order valence-corrected chi connectivity index (χ3v) is 4.53. The lowest BCUT2D eigenvalue weighted by atomic mass is 10.2. The van der Waals surface area contributed by atoms with E-state index in [1.165, 1.54) is 12.1 Å². The molecule has 2 heterocycles. The topological polar surface area (TPSA) is 51.0 Å². The summed E-state index contributed by atoms with van der Waals surface area (Å²) in [5, 5.41) is 3.38. The van der Waals surface area contributed by atoms with E-state index in [2.05, 4.69) is 21.4 Å². The van der Waals surface area contributed by atoms with Crippen molar-refractivity contribution in [3.63, 3.8) is 0 Å². The minimum absolute atomic E-state index is 0.0930. The fourth-order valence-electron chi connectivity index (χ4n) is 2.49. The Morgan fingerprint density at radius 3 is 2.79 bits per heavy atom. The first-order chi connectivity index (χ1) is 11.7. The Balaban J connectivity index is 1.54. The molecule has 1 unspecified atom stereocenters. The van der Waals surface area contributed by atoms with Crippen LogP contribution in [-0.4, -0.2) is 9.97 Å². The molecule has 0 radical (unpaired) electrons. The molecule has 120 valence electrons. The number of nitrogens with zero attached hydrogens (tertiary/aromatic N) is 2. The summed E-state index contributed by atoms with van der Waals surface area (Å²) in [7, 11) is 0. The Bertz CT molecular complexity index is 977. The maximum absolute atomic E-state index is 13.0. The number of halogens is 1. The van der Waals surface area contributed by atoms with E-state index in [0.717, 1.165) is 21.5 Å². The quantitative estimate of drug-likeness (QED) is 0.551. The summed E-state index contributed by atoms with van der Waals surface area (Å²) >= 11 is 1.61. The second kappa shape index (κ2) is 6.05. The van der Waals surface area contributed by atoms with Gasteiger partial charge in [0.15, 0.2) is 5.76 Å². The van der Waals surface area contributed by atoms with E-state index < -0.39 is 0 Å². The van der Waals surface area contributed by atoms with Gasteiger partial charge in [-0.1, -0.05) is 0 Å². The van der Waals surface area contributed by atoms with Crippen LogP contribution in [0.25, 0.3) is 21.5 Å². The maximum atomic E-state index is 13.0. The van der Waals surface area contributed by atoms with E-state index in [1.807, 2.05) is 24.6 Å². The third-order valence-electron chi connectivity index (χ3n) is 3.74. The molecule has 0 aliphatic carbocycles. The fraction of sp³-hybridized carbons (Fsp3) is 0.111. The molecule has 2 aromatic carbocycles. The number of oxazole rings is 1. The molecule has 24 heavy (non-hydrogen) atoms. The molecule has 0 saturated heterocycles. The van der Waals surface area contributed by atoms with Crippen molar-refractivity contribution < 1.29 is 8.81 Å². The van der Waals surface area contributed by atoms with Gasteiger partial charge in [0.05, 0.1) is 21.9 Å². The second-order valence-corrected chi connectivity index (χ2v) is 6.36. The van der Waals surface area contributed by atoms with Crippen LogP contribution < -0.4 is 5.32 Å². The molecule has 6 heteroatoms. The molecule has 0 amide bonds. The number of benzene rings is 2. The second-order valence-electron chi connectivity index (χ2n) is 5.47. The van der Waals surface area contributed by atoms with Gasteiger partial charge in [0.2, 0.25) is 5.89 Å². The number of anilines is 1. The van der Waals surface area contributed by atoms with Crippen LogP contribution >= 0.6 is 11.3 Å². The molecule has 0 aliphatic rings. The highest BCUT2D eigenvalue weighted by molar-refractivity contribution is 7.16. The summed E-state index contributed by atoms with van der Waals surface area (Å²) in [5.41, 5.74) is 4.61. The molecule has 0 saturated carbocycles. The monoisotopic (exact) mass is 339 g/mol. The Kier molecular flexibility index (Phi) is 3.74. The van der Waals surface area contributed by atoms with E-state index in [9.17, 15) is 4.39 Å². The first-order valence-corrected chi connectivity index (χ1v) is 8.38. The van der Waals surface area contributed by atoms with E-state index in [-0.39, 0.29) is 11.9 Å². The van der Waals surface area contributed by atoms with Crippen molar-refractivity contribution in [1.82, 2.24) is 9.97 Å². The van der Waals surface area contributed by atoms with Crippen LogP contribution in [0.1, 0.15) is 18.9 Å². The minimum Gasteiger partial charge on any atom is -0.438 e. The van der Waals surface area contributed by atoms with Crippen LogP contribution in [-0.2, 0) is 0 Å². The molecule has 1 atom stereocenters. The van der Waals surface area contributed by atoms with E-state index in [1.54, 1.807) is 29.7 Å². The number of rotatable bonds is 4. The fourth-order valence-corrected chi connectivity index (χ4v) is 3.21. The number of thiazole rings is 1. The predicted octanol–water partition coefficient (Wildman–Crippen LogP) is 5.26. The number of aromatic nitrogens is 2. The predicted molar refractivity (Wildman–Crippen MR) is 93.6 cm³/mol. The zero-order valence-corrected chi connectivity index (χ0v) is 13.7. The lowest BCUT2D eigenvalue weighted by Gasteiger charge is -2.11. The van der Waals surface area contributed by atoms with Gasteiger partial charge in [0.25, 0.3) is 0 Å². The highest BCUT2D eigenvalue weighted by Gasteiger charge is 2.14. The van der Waals surface area contributed by atoms with Gasteiger partial charge in [0, 0.05) is 11.3 Å². The Morgan fingerprint density at radius 1 is 1.12 bits per heavy atom. The summed E-state index contributed by atoms with van der Waals surface area (Å²) in [6.45, 7) is 1.98. The lowest BCUT2D eigenvalue weighted by Crippen LogP contribution is -2.06. The van der Waals surface area contributed by atoms with Crippen LogP contribution in [0, 0.1) is 5.82 Å². The highest BCUT2D eigenvalue weighted by atomic mass is 32.1. The van der Waals surface area contributed by atoms with Gasteiger partial charge in [0.1, 0.15) is 11.9 Å². The first-order valence-electron chi connectivity index (χ1n) is 7.50. The first kappa shape index (κ1) is 14.8. The van der Waals surface area contributed by atoms with Gasteiger partial charge in [-0.3, -0.25) is 0 Å². The SMILES string of the molecule is CC(Nc1ccc2ncsc2c1)c1ncc(-c2ccc(F)cc2)o1. The standard InChI is InChI=1S/C18H14FN3OS/c1-11(22-14-6-7-15-17(8-14)24-10-21-15)18-20-9-16(23-18)12-2-4-13(19)5-3-12/h2-11,22H,1H3. The molecule has 0 fully saturated rings. The number of nitrogens with one attached hydrogen (secondary N) is 1. The number of fused-ring (bicyclic) bond motifs is 1. The van der Waals surface area contributed by atoms with Crippen molar-refractivity contribution in [2.24, 2.45) is 0 Å². The van der Waals surface area contributed by atoms with Gasteiger partial charge in [-0.25, -0.2) is 14.4 Å². The van der Waals surface area contributed by atoms with E-state index in [4.69, 9.17) is 4.42 Å². The van der Waals surface area contributed by atoms with Gasteiger partial charge >= 0.3 is 0 Å². The molecular weight excluding hydrogens is 325 g/mol. The van der Waals surface area contributed by atoms with Crippen molar-refractivity contribution in [2.75, 3.05) is 5.32 Å². The van der Waals surface area contributed by atoms with Gasteiger partial charge in [-0.05, 0) is 49.4 Å². The zero-order chi connectivity index (χ0) is 16.5. The Labute approximate surface area is 142 Å². The molecule has 0 aliphatic heterocycles. The largest absolute Gasteiger partial charge is 0.438 e. The van der Waals surface area contributed by atoms with Gasteiger partial charge < -0.3 is 9.73 Å². The van der Waals surface area contributed by atoms with Crippen LogP contribution in [0.5, 0.6) is 0 Å². The molecule has 4 nitrogen and oxygen atoms in total. The molecule has 2 aromatic heterocycles. The molecule has 0 bridgehead atoms. The summed E-state index contributed by atoms with van der Waals surface area (Å²) in [5.74, 6) is 0.933. The van der Waals surface area contributed by atoms with Crippen molar-refractivity contribution in [1.29, 1.82) is 0 Å². The van der Waals surface area contributed by atoms with Gasteiger partial charge in [-0.15, -0.1) is 11.3 Å². The lowest BCUT2D eigenvalue weighted by molar-refractivity contribution is 0.485. The smallest absolute Gasteiger partial charge is 0.217 e. The molecule has 4 rings (SSSR count). The summed E-state index contributed by atoms with van der Waals surface area (Å²) in [6.07, 6.45) is 1.66. The maximum Gasteiger partial charge on any atom is 0.217 e. The van der Waals surface area contributed by atoms with E-state index >= 15 is 0 Å². The van der Waals surface area contributed by atoms with Crippen LogP contribution in [0.4, 0.5) is 10.1 Å². The highest BCUT2D eigenvalue weighted by Crippen LogP contribution is 2.27. The molecule has 1 N–H and O–H groups in total. The molecular formula is C18H14FN3OS. The van der Waals surface area contributed by atoms with Crippen LogP contribution in [0.2, 0.25) is 0 Å². The zero-order valence-electron chi connectivity index (χ0n) is 12.9. The normalized spacial score (nSPS) is 12.4. The van der Waals surface area contributed by atoms with Crippen molar-refractivity contribution in [3.05, 3.63) is 65.9 Å². The Hall–Kier alpha value is -2.73. The van der Waals surface area contributed by atoms with Crippen molar-refractivity contribution in [2.45, 2.75) is 13.0 Å². The Morgan fingerprint density at radius 2 is 1.96 bits per heavy atom. The minimum atomic E-state index is -0.271. The average Bonchev–Trinajstić information content (AvgIpc) is 3.24. The summed E-state index contributed by atoms with van der Waals surface area (Å²) < 4.78 is 19.9. The average molecular weight is 339 g/mol. The molecule has 0 spiro atoms. The van der Waals surface area contributed by atoms with Crippen molar-refractivity contribution in [3.8, 4) is 11.3 Å². The van der Waals surface area contributed by atoms with E-state index in [0.29, 0.717) is 11.7 Å². The summed E-state index contributed by atoms with van der Waals surface area (Å²) in [6, 6.07) is 12.1. The van der Waals surface area contributed by atoms with Crippen molar-refractivity contribution >= 4 is 27.2 Å². The number of hydrogen-bond donors (Lipinski definition) is 1. The molecule has 4 aromatic rings. The summed E-state index contributed by atoms with van der Waals surface area (Å²) in [4.78, 5) is 8.60. The number of hydrogen-bond acceptors (Lipinski definition) is 5. The van der Waals surface area contributed by atoms with Crippen LogP contribution in [0.15, 0.2) is 58.6 Å².